The van der Waals surface area contributed by atoms with E-state index in [9.17, 15) is 4.79 Å². The van der Waals surface area contributed by atoms with Crippen molar-refractivity contribution in [3.63, 3.8) is 0 Å². The van der Waals surface area contributed by atoms with Crippen LogP contribution in [0.3, 0.4) is 0 Å². The van der Waals surface area contributed by atoms with E-state index in [1.54, 1.807) is 0 Å². The Morgan fingerprint density at radius 1 is 1.07 bits per heavy atom. The molecule has 0 radical (unpaired) electrons. The molecule has 1 heterocycles. The summed E-state index contributed by atoms with van der Waals surface area (Å²) in [6.45, 7) is 4.07. The molecule has 1 amide bonds. The number of rotatable bonds is 6. The van der Waals surface area contributed by atoms with Gasteiger partial charge in [-0.2, -0.15) is 0 Å². The van der Waals surface area contributed by atoms with Crippen LogP contribution in [-0.2, 0) is 16.8 Å². The number of para-hydroxylation sites is 1. The molecule has 142 valence electrons. The molecule has 1 aliphatic heterocycles. The normalized spacial score (nSPS) is 23.9. The van der Waals surface area contributed by atoms with Crippen LogP contribution in [0.5, 0.6) is 0 Å². The second kappa shape index (κ2) is 7.73. The Labute approximate surface area is 161 Å². The lowest BCUT2D eigenvalue weighted by Gasteiger charge is -2.36. The Morgan fingerprint density at radius 3 is 2.56 bits per heavy atom. The van der Waals surface area contributed by atoms with Gasteiger partial charge in [0.2, 0.25) is 5.91 Å². The minimum absolute atomic E-state index is 0.192. The van der Waals surface area contributed by atoms with Crippen LogP contribution < -0.4 is 16.0 Å². The van der Waals surface area contributed by atoms with E-state index in [-0.39, 0.29) is 11.3 Å². The third kappa shape index (κ3) is 3.59. The topological polar surface area (TPSA) is 53.2 Å². The maximum Gasteiger partial charge on any atom is 0.235 e. The first-order valence-corrected chi connectivity index (χ1v) is 10.2. The highest BCUT2D eigenvalue weighted by atomic mass is 16.2. The van der Waals surface area contributed by atoms with Gasteiger partial charge in [0, 0.05) is 30.5 Å². The van der Waals surface area contributed by atoms with Crippen LogP contribution in [0.15, 0.2) is 48.5 Å². The minimum atomic E-state index is -0.304. The number of fused-ring (bicyclic) bond motifs is 2. The molecule has 4 rings (SSSR count). The third-order valence-corrected chi connectivity index (χ3v) is 6.09. The maximum absolute atomic E-state index is 12.7. The van der Waals surface area contributed by atoms with Crippen molar-refractivity contribution in [3.05, 3.63) is 59.7 Å². The highest BCUT2D eigenvalue weighted by Gasteiger charge is 2.48. The van der Waals surface area contributed by atoms with Crippen LogP contribution in [0, 0.1) is 0 Å². The number of nitrogens with one attached hydrogen (secondary N) is 3. The van der Waals surface area contributed by atoms with Gasteiger partial charge in [-0.1, -0.05) is 37.3 Å². The highest BCUT2D eigenvalue weighted by molar-refractivity contribution is 6.06. The van der Waals surface area contributed by atoms with E-state index in [0.717, 1.165) is 50.9 Å². The predicted molar refractivity (Wildman–Crippen MR) is 111 cm³/mol. The van der Waals surface area contributed by atoms with Crippen molar-refractivity contribution in [2.75, 3.05) is 17.2 Å². The van der Waals surface area contributed by atoms with Crippen molar-refractivity contribution in [1.82, 2.24) is 5.32 Å². The average Bonchev–Trinajstić information content (AvgIpc) is 2.98. The van der Waals surface area contributed by atoms with Crippen molar-refractivity contribution >= 4 is 17.3 Å². The number of amides is 1. The molecule has 0 bridgehead atoms. The zero-order chi connectivity index (χ0) is 18.7. The molecule has 1 fully saturated rings. The van der Waals surface area contributed by atoms with Gasteiger partial charge in [-0.25, -0.2) is 0 Å². The Kier molecular flexibility index (Phi) is 5.17. The number of hydrogen-bond donors (Lipinski definition) is 3. The molecule has 1 saturated carbocycles. The number of hydrogen-bond acceptors (Lipinski definition) is 3. The maximum atomic E-state index is 12.7. The molecule has 2 aliphatic rings. The number of anilines is 2. The number of benzene rings is 2. The molecule has 0 unspecified atom stereocenters. The van der Waals surface area contributed by atoms with Gasteiger partial charge in [-0.15, -0.1) is 0 Å². The fourth-order valence-electron chi connectivity index (χ4n) is 4.46. The zero-order valence-electron chi connectivity index (χ0n) is 16.1. The van der Waals surface area contributed by atoms with Gasteiger partial charge < -0.3 is 16.0 Å². The molecule has 0 saturated heterocycles. The van der Waals surface area contributed by atoms with E-state index < -0.39 is 0 Å². The molecule has 0 aromatic heterocycles. The van der Waals surface area contributed by atoms with Crippen molar-refractivity contribution in [2.24, 2.45) is 0 Å². The van der Waals surface area contributed by atoms with Gasteiger partial charge in [0.1, 0.15) is 0 Å². The second-order valence-corrected chi connectivity index (χ2v) is 7.86. The molecule has 2 aromatic rings. The quantitative estimate of drug-likeness (QED) is 0.712. The van der Waals surface area contributed by atoms with E-state index in [1.807, 2.05) is 18.2 Å². The fraction of sp³-hybridized carbons (Fsp3) is 0.435. The predicted octanol–water partition coefficient (Wildman–Crippen LogP) is 4.43. The molecule has 1 aliphatic carbocycles. The number of carbonyl (C=O) groups excluding carboxylic acids is 1. The van der Waals surface area contributed by atoms with Crippen molar-refractivity contribution in [3.8, 4) is 0 Å². The summed E-state index contributed by atoms with van der Waals surface area (Å²) in [4.78, 5) is 12.7. The molecule has 0 atom stereocenters. The van der Waals surface area contributed by atoms with Crippen LogP contribution >= 0.6 is 0 Å². The standard InChI is InChI=1S/C23H29N3O/c1-2-15-24-18-9-7-17(8-10-18)16-25-19-11-13-23(14-12-19)20-5-3-4-6-21(20)26-22(23)27/h3-10,19,24-25H,2,11-16H2,1H3,(H,26,27). The Morgan fingerprint density at radius 2 is 1.81 bits per heavy atom. The summed E-state index contributed by atoms with van der Waals surface area (Å²) in [7, 11) is 0. The van der Waals surface area contributed by atoms with Crippen molar-refractivity contribution in [2.45, 2.75) is 57.0 Å². The fourth-order valence-corrected chi connectivity index (χ4v) is 4.46. The van der Waals surface area contributed by atoms with Gasteiger partial charge in [-0.05, 0) is 61.4 Å². The van der Waals surface area contributed by atoms with Gasteiger partial charge in [0.15, 0.2) is 0 Å². The van der Waals surface area contributed by atoms with Crippen LogP contribution in [0.4, 0.5) is 11.4 Å². The monoisotopic (exact) mass is 363 g/mol. The molecule has 4 nitrogen and oxygen atoms in total. The lowest BCUT2D eigenvalue weighted by molar-refractivity contribution is -0.122. The van der Waals surface area contributed by atoms with Gasteiger partial charge in [-0.3, -0.25) is 4.79 Å². The van der Waals surface area contributed by atoms with E-state index in [4.69, 9.17) is 0 Å². The average molecular weight is 364 g/mol. The molecule has 4 heteroatoms. The molecular weight excluding hydrogens is 334 g/mol. The Bertz CT molecular complexity index is 792. The summed E-state index contributed by atoms with van der Waals surface area (Å²) in [5, 5.41) is 10.2. The Hall–Kier alpha value is -2.33. The summed E-state index contributed by atoms with van der Waals surface area (Å²) in [6, 6.07) is 17.4. The summed E-state index contributed by atoms with van der Waals surface area (Å²) >= 11 is 0. The van der Waals surface area contributed by atoms with Crippen LogP contribution in [-0.4, -0.2) is 18.5 Å². The lowest BCUT2D eigenvalue weighted by Crippen LogP contribution is -2.43. The van der Waals surface area contributed by atoms with E-state index in [0.29, 0.717) is 6.04 Å². The smallest absolute Gasteiger partial charge is 0.235 e. The van der Waals surface area contributed by atoms with Crippen molar-refractivity contribution < 1.29 is 4.79 Å². The second-order valence-electron chi connectivity index (χ2n) is 7.86. The van der Waals surface area contributed by atoms with Gasteiger partial charge in [0.25, 0.3) is 0 Å². The van der Waals surface area contributed by atoms with E-state index in [2.05, 4.69) is 53.2 Å². The largest absolute Gasteiger partial charge is 0.385 e. The van der Waals surface area contributed by atoms with E-state index in [1.165, 1.54) is 16.8 Å². The van der Waals surface area contributed by atoms with Gasteiger partial charge in [0.05, 0.1) is 5.41 Å². The molecule has 3 N–H and O–H groups in total. The lowest BCUT2D eigenvalue weighted by atomic mass is 9.69. The molecule has 1 spiro atoms. The molecule has 2 aromatic carbocycles. The third-order valence-electron chi connectivity index (χ3n) is 6.09. The zero-order valence-corrected chi connectivity index (χ0v) is 16.1. The Balaban J connectivity index is 1.32. The van der Waals surface area contributed by atoms with Crippen molar-refractivity contribution in [1.29, 1.82) is 0 Å². The highest BCUT2D eigenvalue weighted by Crippen LogP contribution is 2.47. The minimum Gasteiger partial charge on any atom is -0.385 e. The van der Waals surface area contributed by atoms with Crippen LogP contribution in [0.1, 0.15) is 50.2 Å². The summed E-state index contributed by atoms with van der Waals surface area (Å²) in [6.07, 6.45) is 5.06. The van der Waals surface area contributed by atoms with Gasteiger partial charge >= 0.3 is 0 Å². The first-order chi connectivity index (χ1) is 13.2. The first-order valence-electron chi connectivity index (χ1n) is 10.2. The molecular formula is C23H29N3O. The summed E-state index contributed by atoms with van der Waals surface area (Å²) in [5.41, 5.74) is 4.39. The molecule has 27 heavy (non-hydrogen) atoms. The summed E-state index contributed by atoms with van der Waals surface area (Å²) < 4.78 is 0. The van der Waals surface area contributed by atoms with Crippen LogP contribution in [0.25, 0.3) is 0 Å². The summed E-state index contributed by atoms with van der Waals surface area (Å²) in [5.74, 6) is 0.192. The SMILES string of the molecule is CCCNc1ccc(CNC2CCC3(CC2)C(=O)Nc2ccccc23)cc1. The number of carbonyl (C=O) groups is 1. The van der Waals surface area contributed by atoms with E-state index >= 15 is 0 Å². The first kappa shape index (κ1) is 18.1. The van der Waals surface area contributed by atoms with Crippen LogP contribution in [0.2, 0.25) is 0 Å².